The van der Waals surface area contributed by atoms with Crippen molar-refractivity contribution in [3.63, 3.8) is 0 Å². The molecule has 1 aromatic heterocycles. The van der Waals surface area contributed by atoms with E-state index in [2.05, 4.69) is 4.98 Å². The van der Waals surface area contributed by atoms with Crippen molar-refractivity contribution >= 4 is 34.8 Å². The lowest BCUT2D eigenvalue weighted by atomic mass is 10.1. The molecular formula is C26H18N2O5S. The number of thiazole rings is 1. The van der Waals surface area contributed by atoms with Gasteiger partial charge in [-0.25, -0.2) is 14.7 Å². The number of benzene rings is 3. The Balaban J connectivity index is 1.25. The van der Waals surface area contributed by atoms with Crippen molar-refractivity contribution in [3.05, 3.63) is 101 Å². The van der Waals surface area contributed by atoms with Crippen LogP contribution < -0.4 is 9.64 Å². The first-order valence-corrected chi connectivity index (χ1v) is 11.3. The van der Waals surface area contributed by atoms with Gasteiger partial charge in [0.1, 0.15) is 17.4 Å². The molecule has 0 aliphatic carbocycles. The third-order valence-corrected chi connectivity index (χ3v) is 6.32. The molecule has 0 radical (unpaired) electrons. The van der Waals surface area contributed by atoms with E-state index >= 15 is 0 Å². The summed E-state index contributed by atoms with van der Waals surface area (Å²) >= 11 is 1.44. The molecule has 0 saturated heterocycles. The molecule has 1 aliphatic heterocycles. The number of rotatable bonds is 6. The van der Waals surface area contributed by atoms with Gasteiger partial charge < -0.3 is 9.47 Å². The number of carbonyl (C=O) groups excluding carboxylic acids is 3. The minimum atomic E-state index is -0.527. The molecule has 4 aromatic rings. The molecule has 2 amide bonds. The molecule has 7 nitrogen and oxygen atoms in total. The van der Waals surface area contributed by atoms with Gasteiger partial charge in [0, 0.05) is 5.38 Å². The van der Waals surface area contributed by atoms with E-state index in [1.54, 1.807) is 43.5 Å². The number of imide groups is 1. The number of carbonyl (C=O) groups is 3. The summed E-state index contributed by atoms with van der Waals surface area (Å²) in [4.78, 5) is 43.4. The number of hydrogen-bond donors (Lipinski definition) is 0. The van der Waals surface area contributed by atoms with Crippen molar-refractivity contribution < 1.29 is 23.9 Å². The van der Waals surface area contributed by atoms with E-state index < -0.39 is 5.97 Å². The highest BCUT2D eigenvalue weighted by molar-refractivity contribution is 7.13. The molecule has 0 saturated carbocycles. The second-order valence-electron chi connectivity index (χ2n) is 7.46. The summed E-state index contributed by atoms with van der Waals surface area (Å²) in [7, 11) is 1.61. The highest BCUT2D eigenvalue weighted by Gasteiger charge is 2.36. The van der Waals surface area contributed by atoms with E-state index in [-0.39, 0.29) is 18.4 Å². The molecule has 0 N–H and O–H groups in total. The fourth-order valence-corrected chi connectivity index (χ4v) is 4.55. The van der Waals surface area contributed by atoms with Crippen LogP contribution in [-0.4, -0.2) is 29.9 Å². The number of aromatic nitrogens is 1. The van der Waals surface area contributed by atoms with Crippen LogP contribution in [0.4, 0.5) is 5.69 Å². The van der Waals surface area contributed by atoms with Gasteiger partial charge >= 0.3 is 5.97 Å². The molecule has 8 heteroatoms. The quantitative estimate of drug-likeness (QED) is 0.292. The van der Waals surface area contributed by atoms with Gasteiger partial charge in [-0.3, -0.25) is 9.59 Å². The van der Waals surface area contributed by atoms with Crippen LogP contribution in [0.1, 0.15) is 36.8 Å². The Kier molecular flexibility index (Phi) is 5.65. The zero-order valence-electron chi connectivity index (χ0n) is 18.1. The molecule has 5 rings (SSSR count). The van der Waals surface area contributed by atoms with Crippen molar-refractivity contribution in [2.24, 2.45) is 0 Å². The average Bonchev–Trinajstić information content (AvgIpc) is 3.45. The number of fused-ring (bicyclic) bond motifs is 1. The highest BCUT2D eigenvalue weighted by atomic mass is 32.1. The van der Waals surface area contributed by atoms with Crippen LogP contribution in [0.3, 0.4) is 0 Å². The Hall–Kier alpha value is -4.30. The molecular weight excluding hydrogens is 452 g/mol. The van der Waals surface area contributed by atoms with Gasteiger partial charge in [0.25, 0.3) is 11.8 Å². The minimum Gasteiger partial charge on any atom is -0.496 e. The van der Waals surface area contributed by atoms with Crippen LogP contribution in [0.5, 0.6) is 5.75 Å². The summed E-state index contributed by atoms with van der Waals surface area (Å²) in [6.45, 7) is 0.0185. The normalized spacial score (nSPS) is 12.6. The number of ether oxygens (including phenoxy) is 2. The van der Waals surface area contributed by atoms with Gasteiger partial charge in [0.2, 0.25) is 0 Å². The van der Waals surface area contributed by atoms with E-state index in [0.29, 0.717) is 28.1 Å². The topological polar surface area (TPSA) is 85.8 Å². The lowest BCUT2D eigenvalue weighted by Gasteiger charge is -2.14. The van der Waals surface area contributed by atoms with Gasteiger partial charge in [0.15, 0.2) is 0 Å². The van der Waals surface area contributed by atoms with Gasteiger partial charge in [-0.15, -0.1) is 11.3 Å². The van der Waals surface area contributed by atoms with Crippen LogP contribution in [0.15, 0.2) is 78.2 Å². The number of methoxy groups -OCH3 is 1. The van der Waals surface area contributed by atoms with E-state index in [1.165, 1.54) is 23.5 Å². The number of anilines is 1. The summed E-state index contributed by atoms with van der Waals surface area (Å²) in [6, 6.07) is 20.4. The predicted molar refractivity (Wildman–Crippen MR) is 127 cm³/mol. The predicted octanol–water partition coefficient (Wildman–Crippen LogP) is 4.98. The molecule has 0 spiro atoms. The number of esters is 1. The number of nitrogens with zero attached hydrogens (tertiary/aromatic N) is 2. The lowest BCUT2D eigenvalue weighted by Crippen LogP contribution is -2.29. The van der Waals surface area contributed by atoms with Crippen LogP contribution in [0, 0.1) is 0 Å². The molecule has 34 heavy (non-hydrogen) atoms. The van der Waals surface area contributed by atoms with Gasteiger partial charge in [-0.2, -0.15) is 0 Å². The first-order chi connectivity index (χ1) is 16.6. The van der Waals surface area contributed by atoms with E-state index in [1.807, 2.05) is 29.6 Å². The lowest BCUT2D eigenvalue weighted by molar-refractivity contribution is 0.0468. The second-order valence-corrected chi connectivity index (χ2v) is 8.32. The SMILES string of the molecule is COc1ccccc1-c1nc(COC(=O)c2ccc(N3C(=O)c4ccccc4C3=O)cc2)cs1. The smallest absolute Gasteiger partial charge is 0.338 e. The molecule has 0 fully saturated rings. The number of amides is 2. The van der Waals surface area contributed by atoms with Crippen molar-refractivity contribution in [2.45, 2.75) is 6.61 Å². The monoisotopic (exact) mass is 470 g/mol. The van der Waals surface area contributed by atoms with Gasteiger partial charge in [0.05, 0.1) is 40.7 Å². The van der Waals surface area contributed by atoms with Crippen molar-refractivity contribution in [1.29, 1.82) is 0 Å². The average molecular weight is 471 g/mol. The maximum absolute atomic E-state index is 12.6. The van der Waals surface area contributed by atoms with Crippen LogP contribution in [0.2, 0.25) is 0 Å². The first-order valence-electron chi connectivity index (χ1n) is 10.4. The summed E-state index contributed by atoms with van der Waals surface area (Å²) in [6.07, 6.45) is 0. The third-order valence-electron chi connectivity index (χ3n) is 5.40. The molecule has 0 unspecified atom stereocenters. The van der Waals surface area contributed by atoms with Crippen molar-refractivity contribution in [2.75, 3.05) is 12.0 Å². The molecule has 3 aromatic carbocycles. The zero-order valence-corrected chi connectivity index (χ0v) is 18.9. The molecule has 1 aliphatic rings. The molecule has 0 bridgehead atoms. The fourth-order valence-electron chi connectivity index (χ4n) is 3.71. The summed E-state index contributed by atoms with van der Waals surface area (Å²) in [5.74, 6) is -0.574. The van der Waals surface area contributed by atoms with Crippen LogP contribution in [-0.2, 0) is 11.3 Å². The Morgan fingerprint density at radius 3 is 2.15 bits per heavy atom. The maximum atomic E-state index is 12.6. The fraction of sp³-hybridized carbons (Fsp3) is 0.0769. The largest absolute Gasteiger partial charge is 0.496 e. The van der Waals surface area contributed by atoms with E-state index in [9.17, 15) is 14.4 Å². The van der Waals surface area contributed by atoms with Gasteiger partial charge in [-0.1, -0.05) is 24.3 Å². The molecule has 0 atom stereocenters. The third kappa shape index (κ3) is 3.84. The number of para-hydroxylation sites is 1. The Labute approximate surface area is 199 Å². The summed E-state index contributed by atoms with van der Waals surface area (Å²) in [5.41, 5.74) is 2.93. The van der Waals surface area contributed by atoms with E-state index in [0.717, 1.165) is 21.2 Å². The van der Waals surface area contributed by atoms with E-state index in [4.69, 9.17) is 9.47 Å². The molecule has 168 valence electrons. The molecule has 2 heterocycles. The van der Waals surface area contributed by atoms with Crippen molar-refractivity contribution in [3.8, 4) is 16.3 Å². The van der Waals surface area contributed by atoms with Gasteiger partial charge in [-0.05, 0) is 48.5 Å². The van der Waals surface area contributed by atoms with Crippen molar-refractivity contribution in [1.82, 2.24) is 4.98 Å². The maximum Gasteiger partial charge on any atom is 0.338 e. The zero-order chi connectivity index (χ0) is 23.7. The summed E-state index contributed by atoms with van der Waals surface area (Å²) < 4.78 is 10.8. The minimum absolute atomic E-state index is 0.0185. The first kappa shape index (κ1) is 21.5. The Morgan fingerprint density at radius 2 is 1.50 bits per heavy atom. The van der Waals surface area contributed by atoms with Crippen LogP contribution in [0.25, 0.3) is 10.6 Å². The standard InChI is InChI=1S/C26H18N2O5S/c1-32-22-9-5-4-8-21(22)23-27-17(15-34-23)14-33-26(31)16-10-12-18(13-11-16)28-24(29)19-6-2-3-7-20(19)25(28)30/h2-13,15H,14H2,1H3. The second kappa shape index (κ2) is 8.92. The Morgan fingerprint density at radius 1 is 0.882 bits per heavy atom. The highest BCUT2D eigenvalue weighted by Crippen LogP contribution is 2.32. The summed E-state index contributed by atoms with van der Waals surface area (Å²) in [5, 5.41) is 2.61. The van der Waals surface area contributed by atoms with Crippen LogP contribution >= 0.6 is 11.3 Å². The Bertz CT molecular complexity index is 1380. The number of hydrogen-bond acceptors (Lipinski definition) is 7.